The Balaban J connectivity index is 1.70. The van der Waals surface area contributed by atoms with Gasteiger partial charge in [-0.15, -0.1) is 0 Å². The molecule has 2 amide bonds. The van der Waals surface area contributed by atoms with Crippen LogP contribution in [0.4, 0.5) is 5.69 Å². The van der Waals surface area contributed by atoms with Gasteiger partial charge in [-0.05, 0) is 44.5 Å². The van der Waals surface area contributed by atoms with E-state index in [4.69, 9.17) is 0 Å². The number of nitrogens with zero attached hydrogens (tertiary/aromatic N) is 3. The Kier molecular flexibility index (Phi) is 5.55. The minimum absolute atomic E-state index is 0.105. The number of carbonyl (C=O) groups excluding carboxylic acids is 2. The minimum atomic E-state index is -0.573. The normalized spacial score (nSPS) is 17.5. The van der Waals surface area contributed by atoms with Crippen LogP contribution in [0.2, 0.25) is 0 Å². The van der Waals surface area contributed by atoms with Crippen LogP contribution in [0.5, 0.6) is 0 Å². The lowest BCUT2D eigenvalue weighted by Gasteiger charge is -2.26. The Morgan fingerprint density at radius 3 is 2.73 bits per heavy atom. The van der Waals surface area contributed by atoms with Gasteiger partial charge in [0.05, 0.1) is 23.8 Å². The third kappa shape index (κ3) is 3.68. The van der Waals surface area contributed by atoms with Gasteiger partial charge in [0.25, 0.3) is 0 Å². The Labute approximate surface area is 176 Å². The molecular weight excluding hydrogens is 378 g/mol. The van der Waals surface area contributed by atoms with Crippen LogP contribution >= 0.6 is 0 Å². The second-order valence-electron chi connectivity index (χ2n) is 7.75. The predicted octanol–water partition coefficient (Wildman–Crippen LogP) is 2.15. The third-order valence-corrected chi connectivity index (χ3v) is 5.83. The van der Waals surface area contributed by atoms with Crippen molar-refractivity contribution >= 4 is 28.4 Å². The molecule has 0 radical (unpaired) electrons. The first-order chi connectivity index (χ1) is 14.5. The van der Waals surface area contributed by atoms with Crippen LogP contribution in [0.25, 0.3) is 10.9 Å². The van der Waals surface area contributed by atoms with Gasteiger partial charge in [0.15, 0.2) is 0 Å². The zero-order valence-corrected chi connectivity index (χ0v) is 17.6. The largest absolute Gasteiger partial charge is 0.343 e. The molecule has 2 atom stereocenters. The fourth-order valence-corrected chi connectivity index (χ4v) is 4.00. The number of fused-ring (bicyclic) bond motifs is 2. The van der Waals surface area contributed by atoms with Gasteiger partial charge >= 0.3 is 0 Å². The van der Waals surface area contributed by atoms with Gasteiger partial charge < -0.3 is 15.5 Å². The standard InChI is InChI=1S/C23H27N5O2/c1-15(24-2)22(29)25-18-13-12-16-8-4-6-10-20(16)28(23(18)30)14-19-17-9-5-7-11-21(17)27(3)26-19/h4-11,15,18,24H,12-14H2,1-3H3,(H,25,29)/t15?,18-/m0/s1. The van der Waals surface area contributed by atoms with Crippen LogP contribution in [-0.4, -0.2) is 40.7 Å². The number of aryl methyl sites for hydroxylation is 2. The van der Waals surface area contributed by atoms with Crippen molar-refractivity contribution in [1.82, 2.24) is 20.4 Å². The van der Waals surface area contributed by atoms with E-state index in [1.54, 1.807) is 18.9 Å². The Bertz CT molecular complexity index is 1090. The van der Waals surface area contributed by atoms with Crippen molar-refractivity contribution in [3.8, 4) is 0 Å². The Morgan fingerprint density at radius 1 is 1.20 bits per heavy atom. The van der Waals surface area contributed by atoms with E-state index in [0.29, 0.717) is 13.0 Å². The lowest BCUT2D eigenvalue weighted by molar-refractivity contribution is -0.128. The van der Waals surface area contributed by atoms with E-state index in [9.17, 15) is 9.59 Å². The van der Waals surface area contributed by atoms with E-state index in [1.807, 2.05) is 60.3 Å². The molecule has 2 N–H and O–H groups in total. The van der Waals surface area contributed by atoms with Crippen LogP contribution in [-0.2, 0) is 29.6 Å². The zero-order valence-electron chi connectivity index (χ0n) is 17.6. The van der Waals surface area contributed by atoms with E-state index in [-0.39, 0.29) is 17.9 Å². The molecule has 0 spiro atoms. The number of anilines is 1. The van der Waals surface area contributed by atoms with Crippen molar-refractivity contribution in [2.24, 2.45) is 7.05 Å². The SMILES string of the molecule is CNC(C)C(=O)N[C@H]1CCc2ccccc2N(Cc2nn(C)c3ccccc23)C1=O. The monoisotopic (exact) mass is 405 g/mol. The molecule has 3 aromatic rings. The summed E-state index contributed by atoms with van der Waals surface area (Å²) >= 11 is 0. The first-order valence-electron chi connectivity index (χ1n) is 10.3. The number of hydrogen-bond donors (Lipinski definition) is 2. The molecule has 1 aromatic heterocycles. The molecule has 156 valence electrons. The van der Waals surface area contributed by atoms with E-state index >= 15 is 0 Å². The van der Waals surface area contributed by atoms with E-state index in [1.165, 1.54) is 0 Å². The fraction of sp³-hybridized carbons (Fsp3) is 0.348. The van der Waals surface area contributed by atoms with Gasteiger partial charge in [0.2, 0.25) is 11.8 Å². The molecule has 2 heterocycles. The van der Waals surface area contributed by atoms with Crippen LogP contribution in [0.15, 0.2) is 48.5 Å². The lowest BCUT2D eigenvalue weighted by atomic mass is 10.1. The molecule has 30 heavy (non-hydrogen) atoms. The van der Waals surface area contributed by atoms with E-state index in [2.05, 4.69) is 15.7 Å². The molecule has 2 aromatic carbocycles. The Morgan fingerprint density at radius 2 is 1.93 bits per heavy atom. The molecule has 0 saturated carbocycles. The highest BCUT2D eigenvalue weighted by Gasteiger charge is 2.32. The van der Waals surface area contributed by atoms with Crippen molar-refractivity contribution in [2.45, 2.75) is 38.4 Å². The van der Waals surface area contributed by atoms with Crippen molar-refractivity contribution < 1.29 is 9.59 Å². The van der Waals surface area contributed by atoms with E-state index in [0.717, 1.165) is 34.3 Å². The predicted molar refractivity (Wildman–Crippen MR) is 117 cm³/mol. The van der Waals surface area contributed by atoms with Gasteiger partial charge in [-0.1, -0.05) is 36.4 Å². The quantitative estimate of drug-likeness (QED) is 0.682. The summed E-state index contributed by atoms with van der Waals surface area (Å²) in [7, 11) is 3.64. The number of carbonyl (C=O) groups is 2. The molecule has 0 aliphatic carbocycles. The second kappa shape index (κ2) is 8.28. The maximum absolute atomic E-state index is 13.6. The number of benzene rings is 2. The van der Waals surface area contributed by atoms with Gasteiger partial charge in [-0.25, -0.2) is 0 Å². The van der Waals surface area contributed by atoms with Gasteiger partial charge in [-0.3, -0.25) is 14.3 Å². The summed E-state index contributed by atoms with van der Waals surface area (Å²) < 4.78 is 1.84. The molecule has 1 unspecified atom stereocenters. The molecular formula is C23H27N5O2. The van der Waals surface area contributed by atoms with Crippen molar-refractivity contribution in [2.75, 3.05) is 11.9 Å². The molecule has 7 nitrogen and oxygen atoms in total. The summed E-state index contributed by atoms with van der Waals surface area (Å²) in [6.45, 7) is 2.13. The molecule has 0 fully saturated rings. The number of likely N-dealkylation sites (N-methyl/N-ethyl adjacent to an activating group) is 1. The average Bonchev–Trinajstić information content (AvgIpc) is 3.02. The van der Waals surface area contributed by atoms with Gasteiger partial charge in [0.1, 0.15) is 6.04 Å². The van der Waals surface area contributed by atoms with Crippen LogP contribution < -0.4 is 15.5 Å². The highest BCUT2D eigenvalue weighted by Crippen LogP contribution is 2.30. The van der Waals surface area contributed by atoms with Gasteiger partial charge in [-0.2, -0.15) is 5.10 Å². The summed E-state index contributed by atoms with van der Waals surface area (Å²) in [5.41, 5.74) is 3.85. The molecule has 0 bridgehead atoms. The first kappa shape index (κ1) is 20.1. The minimum Gasteiger partial charge on any atom is -0.343 e. The zero-order chi connectivity index (χ0) is 21.3. The van der Waals surface area contributed by atoms with Crippen molar-refractivity contribution in [3.05, 3.63) is 59.8 Å². The van der Waals surface area contributed by atoms with Crippen molar-refractivity contribution in [3.63, 3.8) is 0 Å². The van der Waals surface area contributed by atoms with E-state index < -0.39 is 6.04 Å². The highest BCUT2D eigenvalue weighted by atomic mass is 16.2. The Hall–Kier alpha value is -3.19. The first-order valence-corrected chi connectivity index (χ1v) is 10.3. The number of hydrogen-bond acceptors (Lipinski definition) is 4. The molecule has 1 aliphatic rings. The highest BCUT2D eigenvalue weighted by molar-refractivity contribution is 6.01. The summed E-state index contributed by atoms with van der Waals surface area (Å²) in [5, 5.41) is 11.6. The van der Waals surface area contributed by atoms with Crippen molar-refractivity contribution in [1.29, 1.82) is 0 Å². The second-order valence-corrected chi connectivity index (χ2v) is 7.75. The summed E-state index contributed by atoms with van der Waals surface area (Å²) in [6, 6.07) is 15.0. The summed E-state index contributed by atoms with van der Waals surface area (Å²) in [4.78, 5) is 27.8. The average molecular weight is 406 g/mol. The number of aromatic nitrogens is 2. The smallest absolute Gasteiger partial charge is 0.249 e. The number of amides is 2. The number of rotatable bonds is 5. The maximum atomic E-state index is 13.6. The molecule has 0 saturated heterocycles. The third-order valence-electron chi connectivity index (χ3n) is 5.83. The summed E-state index contributed by atoms with van der Waals surface area (Å²) in [6.07, 6.45) is 1.29. The fourth-order valence-electron chi connectivity index (χ4n) is 4.00. The van der Waals surface area contributed by atoms with Crippen LogP contribution in [0.1, 0.15) is 24.6 Å². The van der Waals surface area contributed by atoms with Gasteiger partial charge in [0, 0.05) is 18.1 Å². The maximum Gasteiger partial charge on any atom is 0.249 e. The van der Waals surface area contributed by atoms with Crippen LogP contribution in [0.3, 0.4) is 0 Å². The topological polar surface area (TPSA) is 79.3 Å². The summed E-state index contributed by atoms with van der Waals surface area (Å²) in [5.74, 6) is -0.281. The molecule has 7 heteroatoms. The number of nitrogens with one attached hydrogen (secondary N) is 2. The molecule has 1 aliphatic heterocycles. The molecule has 4 rings (SSSR count). The number of para-hydroxylation sites is 2. The lowest BCUT2D eigenvalue weighted by Crippen LogP contribution is -2.52. The van der Waals surface area contributed by atoms with Crippen LogP contribution in [0, 0.1) is 0 Å².